The van der Waals surface area contributed by atoms with Crippen LogP contribution in [0.25, 0.3) is 22.2 Å². The predicted octanol–water partition coefficient (Wildman–Crippen LogP) is 5.60. The van der Waals surface area contributed by atoms with Crippen LogP contribution in [-0.4, -0.2) is 44.6 Å². The molecule has 0 radical (unpaired) electrons. The molecule has 3 N–H and O–H groups in total. The lowest BCUT2D eigenvalue weighted by Crippen LogP contribution is -2.45. The van der Waals surface area contributed by atoms with Gasteiger partial charge in [0.15, 0.2) is 5.13 Å². The summed E-state index contributed by atoms with van der Waals surface area (Å²) in [4.78, 5) is 21.3. The molecule has 1 unspecified atom stereocenters. The summed E-state index contributed by atoms with van der Waals surface area (Å²) in [5, 5.41) is 5.82. The van der Waals surface area contributed by atoms with Gasteiger partial charge in [-0.15, -0.1) is 11.3 Å². The Balaban J connectivity index is 1.42. The zero-order chi connectivity index (χ0) is 28.3. The fraction of sp³-hybridized carbons (Fsp3) is 0.143. The first-order valence-corrected chi connectivity index (χ1v) is 15.2. The minimum Gasteiger partial charge on any atom is -0.497 e. The number of hydrogen-bond donors (Lipinski definition) is 3. The SMILES string of the molecule is COc1ccc(-c2csc(NC(=O)C(Cc3c[nH]c4ccccc34)NS(=O)(=O)c3ccc(Br)cc3)n2)c(OC)c1. The maximum atomic E-state index is 13.6. The molecule has 40 heavy (non-hydrogen) atoms. The first-order valence-electron chi connectivity index (χ1n) is 12.1. The Morgan fingerprint density at radius 1 is 1.07 bits per heavy atom. The maximum Gasteiger partial charge on any atom is 0.244 e. The Labute approximate surface area is 243 Å². The van der Waals surface area contributed by atoms with Gasteiger partial charge < -0.3 is 19.8 Å². The number of benzene rings is 3. The van der Waals surface area contributed by atoms with Crippen molar-refractivity contribution in [1.82, 2.24) is 14.7 Å². The van der Waals surface area contributed by atoms with Crippen molar-refractivity contribution >= 4 is 59.2 Å². The van der Waals surface area contributed by atoms with Crippen LogP contribution in [0.3, 0.4) is 0 Å². The highest BCUT2D eigenvalue weighted by Gasteiger charge is 2.28. The second-order valence-corrected chi connectivity index (χ2v) is 12.3. The number of aromatic amines is 1. The monoisotopic (exact) mass is 640 g/mol. The average Bonchev–Trinajstić information content (AvgIpc) is 3.59. The van der Waals surface area contributed by atoms with E-state index in [4.69, 9.17) is 9.47 Å². The molecule has 1 amide bonds. The number of nitrogens with one attached hydrogen (secondary N) is 3. The predicted molar refractivity (Wildman–Crippen MR) is 160 cm³/mol. The lowest BCUT2D eigenvalue weighted by atomic mass is 10.1. The van der Waals surface area contributed by atoms with Gasteiger partial charge in [0, 0.05) is 38.6 Å². The van der Waals surface area contributed by atoms with Gasteiger partial charge in [0.25, 0.3) is 0 Å². The van der Waals surface area contributed by atoms with Gasteiger partial charge in [-0.2, -0.15) is 4.72 Å². The number of H-pyrrole nitrogens is 1. The van der Waals surface area contributed by atoms with E-state index in [0.717, 1.165) is 26.5 Å². The Morgan fingerprint density at radius 2 is 1.85 bits per heavy atom. The normalized spacial score (nSPS) is 12.3. The zero-order valence-electron chi connectivity index (χ0n) is 21.5. The number of aromatic nitrogens is 2. The minimum absolute atomic E-state index is 0.0514. The molecule has 0 bridgehead atoms. The highest BCUT2D eigenvalue weighted by Crippen LogP contribution is 2.35. The lowest BCUT2D eigenvalue weighted by molar-refractivity contribution is -0.117. The summed E-state index contributed by atoms with van der Waals surface area (Å²) in [6.45, 7) is 0. The molecule has 3 aromatic carbocycles. The summed E-state index contributed by atoms with van der Waals surface area (Å²) >= 11 is 4.55. The van der Waals surface area contributed by atoms with E-state index in [2.05, 4.69) is 35.9 Å². The van der Waals surface area contributed by atoms with Crippen molar-refractivity contribution in [2.24, 2.45) is 0 Å². The van der Waals surface area contributed by atoms with Gasteiger partial charge in [-0.05, 0) is 54.4 Å². The standard InChI is InChI=1S/C28H25BrN4O5S2/c1-37-19-9-12-22(26(14-19)38-2)25-16-39-28(31-25)32-27(34)24(13-17-15-30-23-6-4-3-5-21(17)23)33-40(35,36)20-10-7-18(29)8-11-20/h3-12,14-16,24,30,33H,13H2,1-2H3,(H,31,32,34). The van der Waals surface area contributed by atoms with Crippen molar-refractivity contribution in [3.8, 4) is 22.8 Å². The summed E-state index contributed by atoms with van der Waals surface area (Å²) in [6, 6.07) is 18.1. The Bertz CT molecular complexity index is 1770. The number of halogens is 1. The molecule has 206 valence electrons. The number of carbonyl (C=O) groups excluding carboxylic acids is 1. The summed E-state index contributed by atoms with van der Waals surface area (Å²) < 4.78 is 40.6. The van der Waals surface area contributed by atoms with Crippen molar-refractivity contribution in [2.75, 3.05) is 19.5 Å². The fourth-order valence-electron chi connectivity index (χ4n) is 4.23. The minimum atomic E-state index is -4.01. The van der Waals surface area contributed by atoms with E-state index in [1.807, 2.05) is 30.3 Å². The van der Waals surface area contributed by atoms with Crippen molar-refractivity contribution in [2.45, 2.75) is 17.4 Å². The second kappa shape index (κ2) is 11.8. The molecule has 1 atom stereocenters. The topological polar surface area (TPSA) is 122 Å². The first kappa shape index (κ1) is 27.8. The molecule has 12 heteroatoms. The third-order valence-corrected chi connectivity index (χ3v) is 9.03. The maximum absolute atomic E-state index is 13.6. The second-order valence-electron chi connectivity index (χ2n) is 8.78. The highest BCUT2D eigenvalue weighted by molar-refractivity contribution is 9.10. The number of anilines is 1. The summed E-state index contributed by atoms with van der Waals surface area (Å²) in [6.07, 6.45) is 1.91. The van der Waals surface area contributed by atoms with E-state index < -0.39 is 22.0 Å². The molecular weight excluding hydrogens is 616 g/mol. The fourth-order valence-corrected chi connectivity index (χ4v) is 6.41. The molecule has 0 aliphatic heterocycles. The molecule has 0 spiro atoms. The van der Waals surface area contributed by atoms with Crippen LogP contribution in [0.15, 0.2) is 87.7 Å². The number of carbonyl (C=O) groups is 1. The molecule has 0 fully saturated rings. The van der Waals surface area contributed by atoms with E-state index in [0.29, 0.717) is 22.3 Å². The Morgan fingerprint density at radius 3 is 2.60 bits per heavy atom. The van der Waals surface area contributed by atoms with Crippen molar-refractivity contribution < 1.29 is 22.7 Å². The number of methoxy groups -OCH3 is 2. The van der Waals surface area contributed by atoms with Crippen molar-refractivity contribution in [3.05, 3.63) is 88.3 Å². The number of sulfonamides is 1. The van der Waals surface area contributed by atoms with Crippen molar-refractivity contribution in [3.63, 3.8) is 0 Å². The molecule has 5 aromatic rings. The van der Waals surface area contributed by atoms with E-state index in [-0.39, 0.29) is 11.3 Å². The van der Waals surface area contributed by atoms with Crippen LogP contribution in [-0.2, 0) is 21.2 Å². The third-order valence-electron chi connectivity index (χ3n) is 6.26. The van der Waals surface area contributed by atoms with Crippen LogP contribution in [0.2, 0.25) is 0 Å². The van der Waals surface area contributed by atoms with E-state index in [9.17, 15) is 13.2 Å². The van der Waals surface area contributed by atoms with Crippen LogP contribution in [0.4, 0.5) is 5.13 Å². The lowest BCUT2D eigenvalue weighted by Gasteiger charge is -2.18. The Hall–Kier alpha value is -3.71. The number of hydrogen-bond acceptors (Lipinski definition) is 7. The molecule has 0 saturated carbocycles. The number of amides is 1. The summed E-state index contributed by atoms with van der Waals surface area (Å²) in [5.74, 6) is 0.679. The van der Waals surface area contributed by atoms with Crippen molar-refractivity contribution in [1.29, 1.82) is 0 Å². The molecule has 2 aromatic heterocycles. The third kappa shape index (κ3) is 6.04. The molecular formula is C28H25BrN4O5S2. The summed E-state index contributed by atoms with van der Waals surface area (Å²) in [5.41, 5.74) is 3.03. The largest absolute Gasteiger partial charge is 0.497 e. The highest BCUT2D eigenvalue weighted by atomic mass is 79.9. The molecule has 5 rings (SSSR count). The van der Waals surface area contributed by atoms with Crippen LogP contribution in [0.5, 0.6) is 11.5 Å². The number of thiazole rings is 1. The number of para-hydroxylation sites is 1. The summed E-state index contributed by atoms with van der Waals surface area (Å²) in [7, 11) is -0.883. The van der Waals surface area contributed by atoms with Gasteiger partial charge in [-0.1, -0.05) is 34.1 Å². The number of nitrogens with zero attached hydrogens (tertiary/aromatic N) is 1. The van der Waals surface area contributed by atoms with E-state index >= 15 is 0 Å². The number of fused-ring (bicyclic) bond motifs is 1. The van der Waals surface area contributed by atoms with Gasteiger partial charge >= 0.3 is 0 Å². The number of rotatable bonds is 10. The van der Waals surface area contributed by atoms with E-state index in [1.54, 1.807) is 50.1 Å². The molecule has 0 aliphatic rings. The average molecular weight is 642 g/mol. The smallest absolute Gasteiger partial charge is 0.244 e. The van der Waals surface area contributed by atoms with Gasteiger partial charge in [0.05, 0.1) is 24.8 Å². The number of ether oxygens (including phenoxy) is 2. The quantitative estimate of drug-likeness (QED) is 0.183. The van der Waals surface area contributed by atoms with Crippen LogP contribution < -0.4 is 19.5 Å². The molecule has 0 saturated heterocycles. The van der Waals surface area contributed by atoms with E-state index in [1.165, 1.54) is 23.5 Å². The van der Waals surface area contributed by atoms with Gasteiger partial charge in [0.1, 0.15) is 17.5 Å². The van der Waals surface area contributed by atoms with Gasteiger partial charge in [-0.25, -0.2) is 13.4 Å². The Kier molecular flexibility index (Phi) is 8.22. The first-order chi connectivity index (χ1) is 19.3. The molecule has 9 nitrogen and oxygen atoms in total. The van der Waals surface area contributed by atoms with Crippen LogP contribution in [0, 0.1) is 0 Å². The van der Waals surface area contributed by atoms with Gasteiger partial charge in [-0.3, -0.25) is 4.79 Å². The zero-order valence-corrected chi connectivity index (χ0v) is 24.7. The van der Waals surface area contributed by atoms with Gasteiger partial charge in [0.2, 0.25) is 15.9 Å². The van der Waals surface area contributed by atoms with Crippen LogP contribution >= 0.6 is 27.3 Å². The molecule has 2 heterocycles. The van der Waals surface area contributed by atoms with Crippen LogP contribution in [0.1, 0.15) is 5.56 Å². The molecule has 0 aliphatic carbocycles.